The molecule has 1 atom stereocenters. The summed E-state index contributed by atoms with van der Waals surface area (Å²) in [6.07, 6.45) is 2.51. The Morgan fingerprint density at radius 3 is 2.44 bits per heavy atom. The Bertz CT molecular complexity index is 290. The number of hydrogen-bond donors (Lipinski definition) is 2. The summed E-state index contributed by atoms with van der Waals surface area (Å²) in [5.74, 6) is -0.554. The van der Waals surface area contributed by atoms with Gasteiger partial charge in [-0.25, -0.2) is 0 Å². The maximum atomic E-state index is 11.8. The van der Waals surface area contributed by atoms with E-state index < -0.39 is 12.0 Å². The van der Waals surface area contributed by atoms with E-state index in [4.69, 9.17) is 5.11 Å². The Kier molecular flexibility index (Phi) is 8.03. The molecule has 0 radical (unpaired) electrons. The largest absolute Gasteiger partial charge is 0.480 e. The van der Waals surface area contributed by atoms with E-state index in [1.807, 2.05) is 0 Å². The average molecular weight is 256 g/mol. The number of carboxylic acids is 1. The molecular weight excluding hydrogens is 232 g/mol. The van der Waals surface area contributed by atoms with Crippen molar-refractivity contribution in [3.05, 3.63) is 12.7 Å². The van der Waals surface area contributed by atoms with E-state index in [0.717, 1.165) is 6.42 Å². The van der Waals surface area contributed by atoms with Crippen LogP contribution in [0.2, 0.25) is 0 Å². The molecule has 0 fully saturated rings. The van der Waals surface area contributed by atoms with Crippen LogP contribution in [0.15, 0.2) is 12.7 Å². The number of aliphatic carboxylic acids is 1. The van der Waals surface area contributed by atoms with Crippen LogP contribution in [-0.4, -0.2) is 47.6 Å². The zero-order valence-electron chi connectivity index (χ0n) is 11.5. The average Bonchev–Trinajstić information content (AvgIpc) is 2.26. The summed E-state index contributed by atoms with van der Waals surface area (Å²) in [5.41, 5.74) is 0. The van der Waals surface area contributed by atoms with Crippen LogP contribution in [0.5, 0.6) is 0 Å². The van der Waals surface area contributed by atoms with Crippen molar-refractivity contribution in [2.24, 2.45) is 5.92 Å². The number of nitrogens with one attached hydrogen (secondary N) is 1. The molecule has 5 nitrogen and oxygen atoms in total. The maximum Gasteiger partial charge on any atom is 0.317 e. The number of carboxylic acid groups (broad SMARTS) is 1. The summed E-state index contributed by atoms with van der Waals surface area (Å²) in [6, 6.07) is -0.466. The van der Waals surface area contributed by atoms with E-state index in [1.165, 1.54) is 0 Å². The van der Waals surface area contributed by atoms with Gasteiger partial charge in [0.2, 0.25) is 5.91 Å². The molecule has 0 aliphatic carbocycles. The van der Waals surface area contributed by atoms with Crippen LogP contribution >= 0.6 is 0 Å². The summed E-state index contributed by atoms with van der Waals surface area (Å²) in [4.78, 5) is 24.1. The quantitative estimate of drug-likeness (QED) is 0.606. The lowest BCUT2D eigenvalue weighted by Crippen LogP contribution is -2.47. The zero-order valence-corrected chi connectivity index (χ0v) is 11.5. The smallest absolute Gasteiger partial charge is 0.317 e. The molecule has 0 aliphatic heterocycles. The minimum atomic E-state index is -0.946. The molecule has 0 bridgehead atoms. The summed E-state index contributed by atoms with van der Waals surface area (Å²) in [7, 11) is 0. The van der Waals surface area contributed by atoms with Crippen LogP contribution in [0.1, 0.15) is 27.2 Å². The molecule has 0 aromatic rings. The van der Waals surface area contributed by atoms with E-state index in [2.05, 4.69) is 25.7 Å². The third kappa shape index (κ3) is 7.06. The summed E-state index contributed by atoms with van der Waals surface area (Å²) in [6.45, 7) is 10.3. The molecule has 0 aromatic carbocycles. The highest BCUT2D eigenvalue weighted by molar-refractivity contribution is 5.82. The monoisotopic (exact) mass is 256 g/mol. The summed E-state index contributed by atoms with van der Waals surface area (Å²) >= 11 is 0. The van der Waals surface area contributed by atoms with Gasteiger partial charge in [0.05, 0.1) is 12.6 Å². The second kappa shape index (κ2) is 8.69. The zero-order chi connectivity index (χ0) is 14.1. The molecule has 5 heteroatoms. The Morgan fingerprint density at radius 2 is 2.00 bits per heavy atom. The first kappa shape index (κ1) is 16.6. The first-order valence-electron chi connectivity index (χ1n) is 6.23. The number of amides is 1. The van der Waals surface area contributed by atoms with Gasteiger partial charge in [0, 0.05) is 13.1 Å². The van der Waals surface area contributed by atoms with Crippen molar-refractivity contribution in [1.82, 2.24) is 10.2 Å². The van der Waals surface area contributed by atoms with Gasteiger partial charge in [-0.1, -0.05) is 19.9 Å². The van der Waals surface area contributed by atoms with E-state index in [1.54, 1.807) is 17.9 Å². The maximum absolute atomic E-state index is 11.8. The van der Waals surface area contributed by atoms with Crippen molar-refractivity contribution in [1.29, 1.82) is 0 Å². The molecule has 0 saturated heterocycles. The van der Waals surface area contributed by atoms with E-state index >= 15 is 0 Å². The fourth-order valence-corrected chi connectivity index (χ4v) is 1.50. The molecule has 104 valence electrons. The Balaban J connectivity index is 4.27. The second-order valence-corrected chi connectivity index (χ2v) is 4.76. The van der Waals surface area contributed by atoms with Gasteiger partial charge < -0.3 is 10.4 Å². The molecule has 0 aliphatic rings. The van der Waals surface area contributed by atoms with Gasteiger partial charge >= 0.3 is 5.97 Å². The minimum Gasteiger partial charge on any atom is -0.480 e. The van der Waals surface area contributed by atoms with Gasteiger partial charge in [-0.15, -0.1) is 6.58 Å². The third-order valence-corrected chi connectivity index (χ3v) is 2.65. The van der Waals surface area contributed by atoms with Gasteiger partial charge in [-0.3, -0.25) is 14.5 Å². The van der Waals surface area contributed by atoms with Crippen LogP contribution in [0.3, 0.4) is 0 Å². The second-order valence-electron chi connectivity index (χ2n) is 4.76. The molecule has 2 N–H and O–H groups in total. The van der Waals surface area contributed by atoms with Gasteiger partial charge in [0.25, 0.3) is 0 Å². The summed E-state index contributed by atoms with van der Waals surface area (Å²) < 4.78 is 0. The molecule has 0 saturated carbocycles. The third-order valence-electron chi connectivity index (χ3n) is 2.65. The molecule has 0 aromatic heterocycles. The molecule has 1 unspecified atom stereocenters. The molecule has 0 heterocycles. The molecular formula is C13H24N2O3. The lowest BCUT2D eigenvalue weighted by atomic mass is 10.1. The van der Waals surface area contributed by atoms with Crippen molar-refractivity contribution in [2.45, 2.75) is 33.2 Å². The van der Waals surface area contributed by atoms with Gasteiger partial charge in [0.15, 0.2) is 0 Å². The molecule has 0 spiro atoms. The molecule has 1 amide bonds. The topological polar surface area (TPSA) is 69.6 Å². The van der Waals surface area contributed by atoms with Crippen LogP contribution in [0.25, 0.3) is 0 Å². The minimum absolute atomic E-state index is 0.140. The van der Waals surface area contributed by atoms with Crippen LogP contribution < -0.4 is 5.32 Å². The van der Waals surface area contributed by atoms with Gasteiger partial charge in [-0.05, 0) is 19.3 Å². The highest BCUT2D eigenvalue weighted by Crippen LogP contribution is 2.01. The predicted molar refractivity (Wildman–Crippen MR) is 71.3 cm³/mol. The van der Waals surface area contributed by atoms with E-state index in [-0.39, 0.29) is 12.5 Å². The van der Waals surface area contributed by atoms with Gasteiger partial charge in [-0.2, -0.15) is 0 Å². The standard InChI is InChI=1S/C13H24N2O3/c1-5-8-15(9-12(16)17)11(4)13(18)14-7-6-10(2)3/h5,10-11H,1,6-9H2,2-4H3,(H,14,18)(H,16,17). The number of carbonyl (C=O) groups excluding carboxylic acids is 1. The van der Waals surface area contributed by atoms with Crippen LogP contribution in [0, 0.1) is 5.92 Å². The Hall–Kier alpha value is -1.36. The van der Waals surface area contributed by atoms with Crippen molar-refractivity contribution in [2.75, 3.05) is 19.6 Å². The van der Waals surface area contributed by atoms with Crippen molar-refractivity contribution in [3.8, 4) is 0 Å². The van der Waals surface area contributed by atoms with Crippen LogP contribution in [-0.2, 0) is 9.59 Å². The van der Waals surface area contributed by atoms with Crippen molar-refractivity contribution < 1.29 is 14.7 Å². The van der Waals surface area contributed by atoms with E-state index in [9.17, 15) is 9.59 Å². The van der Waals surface area contributed by atoms with Crippen molar-refractivity contribution in [3.63, 3.8) is 0 Å². The fourth-order valence-electron chi connectivity index (χ4n) is 1.50. The lowest BCUT2D eigenvalue weighted by Gasteiger charge is -2.25. The predicted octanol–water partition coefficient (Wildman–Crippen LogP) is 1.11. The number of rotatable bonds is 9. The number of carbonyl (C=O) groups is 2. The highest BCUT2D eigenvalue weighted by Gasteiger charge is 2.21. The van der Waals surface area contributed by atoms with E-state index in [0.29, 0.717) is 19.0 Å². The van der Waals surface area contributed by atoms with Crippen molar-refractivity contribution >= 4 is 11.9 Å². The fraction of sp³-hybridized carbons (Fsp3) is 0.692. The SMILES string of the molecule is C=CCN(CC(=O)O)C(C)C(=O)NCCC(C)C. The Morgan fingerprint density at radius 1 is 1.39 bits per heavy atom. The summed E-state index contributed by atoms with van der Waals surface area (Å²) in [5, 5.41) is 11.6. The number of hydrogen-bond acceptors (Lipinski definition) is 3. The van der Waals surface area contributed by atoms with Crippen LogP contribution in [0.4, 0.5) is 0 Å². The Labute approximate surface area is 109 Å². The first-order chi connectivity index (χ1) is 8.38. The lowest BCUT2D eigenvalue weighted by molar-refractivity contribution is -0.139. The molecule has 18 heavy (non-hydrogen) atoms. The highest BCUT2D eigenvalue weighted by atomic mass is 16.4. The first-order valence-corrected chi connectivity index (χ1v) is 6.23. The molecule has 0 rings (SSSR count). The van der Waals surface area contributed by atoms with Gasteiger partial charge in [0.1, 0.15) is 0 Å². The normalized spacial score (nSPS) is 12.5. The number of nitrogens with zero attached hydrogens (tertiary/aromatic N) is 1.